The number of amides is 2. The molecule has 0 atom stereocenters. The van der Waals surface area contributed by atoms with E-state index in [0.717, 1.165) is 11.3 Å². The first kappa shape index (κ1) is 18.5. The maximum Gasteiger partial charge on any atom is 0.313 e. The summed E-state index contributed by atoms with van der Waals surface area (Å²) in [6, 6.07) is 12.8. The van der Waals surface area contributed by atoms with E-state index in [0.29, 0.717) is 41.9 Å². The third-order valence-electron chi connectivity index (χ3n) is 4.45. The molecular weight excluding hydrogens is 373 g/mol. The Balaban J connectivity index is 1.59. The van der Waals surface area contributed by atoms with Gasteiger partial charge < -0.3 is 15.1 Å². The van der Waals surface area contributed by atoms with Crippen LogP contribution in [0.2, 0.25) is 10.0 Å². The molecule has 1 aliphatic heterocycles. The minimum Gasteiger partial charge on any atom is -0.368 e. The van der Waals surface area contributed by atoms with E-state index >= 15 is 0 Å². The Labute approximate surface area is 162 Å². The summed E-state index contributed by atoms with van der Waals surface area (Å²) < 4.78 is 0. The summed E-state index contributed by atoms with van der Waals surface area (Å²) in [7, 11) is 0. The SMILES string of the molecule is Cc1c(Cl)cccc1NC(=O)C(=O)N1CCN(c2cccc(Cl)c2)CC1. The molecule has 2 amide bonds. The second-order valence-electron chi connectivity index (χ2n) is 6.13. The Morgan fingerprint density at radius 3 is 2.38 bits per heavy atom. The molecule has 0 radical (unpaired) electrons. The van der Waals surface area contributed by atoms with E-state index in [9.17, 15) is 9.59 Å². The van der Waals surface area contributed by atoms with Crippen LogP contribution in [0.4, 0.5) is 11.4 Å². The van der Waals surface area contributed by atoms with Gasteiger partial charge in [-0.25, -0.2) is 0 Å². The van der Waals surface area contributed by atoms with Crippen LogP contribution in [0.3, 0.4) is 0 Å². The highest BCUT2D eigenvalue weighted by Crippen LogP contribution is 2.23. The Morgan fingerprint density at radius 2 is 1.69 bits per heavy atom. The Morgan fingerprint density at radius 1 is 1.00 bits per heavy atom. The smallest absolute Gasteiger partial charge is 0.313 e. The molecule has 1 aliphatic rings. The molecule has 1 heterocycles. The highest BCUT2D eigenvalue weighted by atomic mass is 35.5. The number of carbonyl (C=O) groups is 2. The predicted molar refractivity (Wildman–Crippen MR) is 105 cm³/mol. The summed E-state index contributed by atoms with van der Waals surface area (Å²) in [6.07, 6.45) is 0. The fourth-order valence-corrected chi connectivity index (χ4v) is 3.26. The van der Waals surface area contributed by atoms with Crippen molar-refractivity contribution in [3.63, 3.8) is 0 Å². The van der Waals surface area contributed by atoms with Crippen molar-refractivity contribution in [1.29, 1.82) is 0 Å². The van der Waals surface area contributed by atoms with Crippen molar-refractivity contribution < 1.29 is 9.59 Å². The molecule has 136 valence electrons. The van der Waals surface area contributed by atoms with Gasteiger partial charge in [0.1, 0.15) is 0 Å². The summed E-state index contributed by atoms with van der Waals surface area (Å²) in [4.78, 5) is 28.4. The maximum atomic E-state index is 12.4. The van der Waals surface area contributed by atoms with E-state index in [1.807, 2.05) is 24.3 Å². The number of carbonyl (C=O) groups excluding carboxylic acids is 2. The van der Waals surface area contributed by atoms with Crippen LogP contribution in [0.15, 0.2) is 42.5 Å². The normalized spacial score (nSPS) is 14.3. The summed E-state index contributed by atoms with van der Waals surface area (Å²) in [6.45, 7) is 4.05. The quantitative estimate of drug-likeness (QED) is 0.795. The molecule has 7 heteroatoms. The number of halogens is 2. The zero-order chi connectivity index (χ0) is 18.7. The molecule has 2 aromatic rings. The van der Waals surface area contributed by atoms with E-state index in [4.69, 9.17) is 23.2 Å². The number of benzene rings is 2. The number of rotatable bonds is 2. The van der Waals surface area contributed by atoms with Crippen LogP contribution < -0.4 is 10.2 Å². The van der Waals surface area contributed by atoms with Crippen LogP contribution in [0.25, 0.3) is 0 Å². The molecule has 5 nitrogen and oxygen atoms in total. The molecular formula is C19H19Cl2N3O2. The van der Waals surface area contributed by atoms with Gasteiger partial charge in [0.05, 0.1) is 0 Å². The number of nitrogens with zero attached hydrogens (tertiary/aromatic N) is 2. The van der Waals surface area contributed by atoms with Crippen LogP contribution in [0, 0.1) is 6.92 Å². The molecule has 0 aromatic heterocycles. The van der Waals surface area contributed by atoms with Gasteiger partial charge in [0.25, 0.3) is 0 Å². The van der Waals surface area contributed by atoms with E-state index < -0.39 is 11.8 Å². The van der Waals surface area contributed by atoms with Crippen LogP contribution in [0.5, 0.6) is 0 Å². The topological polar surface area (TPSA) is 52.7 Å². The molecule has 1 saturated heterocycles. The van der Waals surface area contributed by atoms with Crippen LogP contribution in [0.1, 0.15) is 5.56 Å². The molecule has 0 aliphatic carbocycles. The minimum absolute atomic E-state index is 0.479. The third kappa shape index (κ3) is 4.11. The molecule has 1 N–H and O–H groups in total. The minimum atomic E-state index is -0.647. The summed E-state index contributed by atoms with van der Waals surface area (Å²) in [5.41, 5.74) is 2.30. The summed E-state index contributed by atoms with van der Waals surface area (Å²) in [5, 5.41) is 3.88. The molecule has 1 fully saturated rings. The van der Waals surface area contributed by atoms with Crippen molar-refractivity contribution in [3.8, 4) is 0 Å². The van der Waals surface area contributed by atoms with Crippen molar-refractivity contribution in [2.45, 2.75) is 6.92 Å². The van der Waals surface area contributed by atoms with Gasteiger partial charge in [0.2, 0.25) is 0 Å². The van der Waals surface area contributed by atoms with Crippen molar-refractivity contribution in [2.24, 2.45) is 0 Å². The molecule has 0 spiro atoms. The van der Waals surface area contributed by atoms with Crippen LogP contribution in [-0.2, 0) is 9.59 Å². The molecule has 2 aromatic carbocycles. The standard InChI is InChI=1S/C19H19Cl2N3O2/c1-13-16(21)6-3-7-17(13)22-18(25)19(26)24-10-8-23(9-11-24)15-5-2-4-14(20)12-15/h2-7,12H,8-11H2,1H3,(H,22,25). The van der Waals surface area contributed by atoms with Crippen LogP contribution in [-0.4, -0.2) is 42.9 Å². The predicted octanol–water partition coefficient (Wildman–Crippen LogP) is 3.59. The second-order valence-corrected chi connectivity index (χ2v) is 6.97. The van der Waals surface area contributed by atoms with Gasteiger partial charge in [-0.05, 0) is 42.8 Å². The highest BCUT2D eigenvalue weighted by Gasteiger charge is 2.26. The lowest BCUT2D eigenvalue weighted by Crippen LogP contribution is -2.51. The number of piperazine rings is 1. The van der Waals surface area contributed by atoms with Gasteiger partial charge >= 0.3 is 11.8 Å². The first-order valence-electron chi connectivity index (χ1n) is 8.31. The second kappa shape index (κ2) is 7.98. The Hall–Kier alpha value is -2.24. The van der Waals surface area contributed by atoms with Gasteiger partial charge in [-0.15, -0.1) is 0 Å². The Kier molecular flexibility index (Phi) is 5.69. The highest BCUT2D eigenvalue weighted by molar-refractivity contribution is 6.40. The molecule has 26 heavy (non-hydrogen) atoms. The average Bonchev–Trinajstić information content (AvgIpc) is 2.65. The molecule has 0 saturated carbocycles. The van der Waals surface area contributed by atoms with Crippen molar-refractivity contribution in [3.05, 3.63) is 58.1 Å². The summed E-state index contributed by atoms with van der Waals surface area (Å²) in [5.74, 6) is -1.18. The van der Waals surface area contributed by atoms with E-state index in [2.05, 4.69) is 10.2 Å². The van der Waals surface area contributed by atoms with Gasteiger partial charge in [-0.2, -0.15) is 0 Å². The number of nitrogens with one attached hydrogen (secondary N) is 1. The fraction of sp³-hybridized carbons (Fsp3) is 0.263. The first-order valence-corrected chi connectivity index (χ1v) is 9.07. The third-order valence-corrected chi connectivity index (χ3v) is 5.09. The molecule has 0 unspecified atom stereocenters. The van der Waals surface area contributed by atoms with Crippen molar-refractivity contribution in [2.75, 3.05) is 36.4 Å². The van der Waals surface area contributed by atoms with Crippen molar-refractivity contribution >= 4 is 46.4 Å². The average molecular weight is 392 g/mol. The van der Waals surface area contributed by atoms with Gasteiger partial charge in [-0.3, -0.25) is 9.59 Å². The van der Waals surface area contributed by atoms with Gasteiger partial charge in [0.15, 0.2) is 0 Å². The van der Waals surface area contributed by atoms with E-state index in [1.54, 1.807) is 30.0 Å². The lowest BCUT2D eigenvalue weighted by atomic mass is 10.2. The maximum absolute atomic E-state index is 12.4. The summed E-state index contributed by atoms with van der Waals surface area (Å²) >= 11 is 12.1. The first-order chi connectivity index (χ1) is 12.5. The number of hydrogen-bond acceptors (Lipinski definition) is 3. The van der Waals surface area contributed by atoms with Crippen molar-refractivity contribution in [1.82, 2.24) is 4.90 Å². The monoisotopic (exact) mass is 391 g/mol. The van der Waals surface area contributed by atoms with E-state index in [-0.39, 0.29) is 0 Å². The largest absolute Gasteiger partial charge is 0.368 e. The molecule has 0 bridgehead atoms. The number of anilines is 2. The lowest BCUT2D eigenvalue weighted by molar-refractivity contribution is -0.143. The van der Waals surface area contributed by atoms with Crippen LogP contribution >= 0.6 is 23.2 Å². The van der Waals surface area contributed by atoms with Gasteiger partial charge in [0, 0.05) is 47.6 Å². The fourth-order valence-electron chi connectivity index (χ4n) is 2.90. The zero-order valence-corrected chi connectivity index (χ0v) is 15.8. The lowest BCUT2D eigenvalue weighted by Gasteiger charge is -2.35. The Bertz CT molecular complexity index is 833. The zero-order valence-electron chi connectivity index (χ0n) is 14.3. The van der Waals surface area contributed by atoms with E-state index in [1.165, 1.54) is 0 Å². The molecule has 3 rings (SSSR count). The van der Waals surface area contributed by atoms with Gasteiger partial charge in [-0.1, -0.05) is 35.3 Å². The number of hydrogen-bond donors (Lipinski definition) is 1.